The van der Waals surface area contributed by atoms with Gasteiger partial charge in [0.25, 0.3) is 5.56 Å². The van der Waals surface area contributed by atoms with Crippen molar-refractivity contribution in [3.63, 3.8) is 0 Å². The summed E-state index contributed by atoms with van der Waals surface area (Å²) in [6.45, 7) is 3.34. The largest absolute Gasteiger partial charge is 0.463 e. The quantitative estimate of drug-likeness (QED) is 0.183. The molecule has 6 rings (SSSR count). The van der Waals surface area contributed by atoms with E-state index < -0.39 is 17.8 Å². The third-order valence-electron chi connectivity index (χ3n) is 7.04. The van der Waals surface area contributed by atoms with Crippen LogP contribution in [0.3, 0.4) is 0 Å². The SMILES string of the molecule is CCOC(=O)C1=C(c2ccccc2)N=c2s/c(=C\c3ccc(-c4ccc(C(C)=O)cc4)o3)c(=O)n2[C@H]1c1ccc(F)cc1. The van der Waals surface area contributed by atoms with Crippen molar-refractivity contribution in [1.82, 2.24) is 4.57 Å². The Labute approximate surface area is 249 Å². The van der Waals surface area contributed by atoms with Crippen molar-refractivity contribution < 1.29 is 23.1 Å². The molecule has 1 aliphatic heterocycles. The van der Waals surface area contributed by atoms with Gasteiger partial charge in [0.05, 0.1) is 28.5 Å². The van der Waals surface area contributed by atoms with E-state index in [1.165, 1.54) is 23.6 Å². The average molecular weight is 593 g/mol. The van der Waals surface area contributed by atoms with Crippen molar-refractivity contribution in [3.8, 4) is 11.3 Å². The van der Waals surface area contributed by atoms with Gasteiger partial charge in [0.15, 0.2) is 10.6 Å². The molecular formula is C34H25FN2O5S. The fourth-order valence-electron chi connectivity index (χ4n) is 4.98. The molecule has 2 aromatic heterocycles. The Kier molecular flexibility index (Phi) is 7.56. The third kappa shape index (κ3) is 5.42. The van der Waals surface area contributed by atoms with Gasteiger partial charge in [0.2, 0.25) is 0 Å². The minimum Gasteiger partial charge on any atom is -0.463 e. The number of hydrogen-bond donors (Lipinski definition) is 0. The third-order valence-corrected chi connectivity index (χ3v) is 8.02. The van der Waals surface area contributed by atoms with E-state index in [2.05, 4.69) is 0 Å². The Hall–Kier alpha value is -5.15. The summed E-state index contributed by atoms with van der Waals surface area (Å²) >= 11 is 1.16. The van der Waals surface area contributed by atoms with Crippen LogP contribution in [0.4, 0.5) is 4.39 Å². The zero-order valence-electron chi connectivity index (χ0n) is 23.2. The molecule has 1 atom stereocenters. The molecule has 0 saturated heterocycles. The summed E-state index contributed by atoms with van der Waals surface area (Å²) < 4.78 is 27.2. The van der Waals surface area contributed by atoms with Crippen LogP contribution in [0.1, 0.15) is 47.1 Å². The number of thiazole rings is 1. The van der Waals surface area contributed by atoms with Crippen molar-refractivity contribution in [1.29, 1.82) is 0 Å². The molecule has 214 valence electrons. The van der Waals surface area contributed by atoms with Crippen LogP contribution in [-0.4, -0.2) is 22.9 Å². The zero-order valence-corrected chi connectivity index (χ0v) is 24.1. The van der Waals surface area contributed by atoms with Gasteiger partial charge in [-0.1, -0.05) is 78.1 Å². The van der Waals surface area contributed by atoms with E-state index in [-0.39, 0.29) is 23.5 Å². The highest BCUT2D eigenvalue weighted by molar-refractivity contribution is 7.07. The van der Waals surface area contributed by atoms with Crippen molar-refractivity contribution in [3.05, 3.63) is 145 Å². The number of halogens is 1. The first kappa shape index (κ1) is 28.0. The normalized spacial score (nSPS) is 14.8. The molecule has 0 N–H and O–H groups in total. The smallest absolute Gasteiger partial charge is 0.338 e. The molecule has 0 bridgehead atoms. The fraction of sp³-hybridized carbons (Fsp3) is 0.118. The Morgan fingerprint density at radius 3 is 2.37 bits per heavy atom. The minimum absolute atomic E-state index is 0.0254. The Morgan fingerprint density at radius 1 is 0.977 bits per heavy atom. The molecule has 9 heteroatoms. The Morgan fingerprint density at radius 2 is 1.70 bits per heavy atom. The molecule has 0 saturated carbocycles. The van der Waals surface area contributed by atoms with Crippen LogP contribution in [0.25, 0.3) is 23.1 Å². The summed E-state index contributed by atoms with van der Waals surface area (Å²) in [5.41, 5.74) is 2.80. The number of esters is 1. The van der Waals surface area contributed by atoms with E-state index in [4.69, 9.17) is 14.1 Å². The minimum atomic E-state index is -0.903. The summed E-state index contributed by atoms with van der Waals surface area (Å²) in [5.74, 6) is -0.0511. The molecule has 0 radical (unpaired) electrons. The molecule has 5 aromatic rings. The topological polar surface area (TPSA) is 90.9 Å². The van der Waals surface area contributed by atoms with Gasteiger partial charge in [-0.3, -0.25) is 14.2 Å². The summed E-state index contributed by atoms with van der Waals surface area (Å²) in [5, 5.41) is 0. The van der Waals surface area contributed by atoms with Crippen LogP contribution >= 0.6 is 11.3 Å². The molecule has 7 nitrogen and oxygen atoms in total. The number of aromatic nitrogens is 1. The maximum absolute atomic E-state index is 14.0. The van der Waals surface area contributed by atoms with Crippen LogP contribution in [0.5, 0.6) is 0 Å². The number of hydrogen-bond acceptors (Lipinski definition) is 7. The lowest BCUT2D eigenvalue weighted by Crippen LogP contribution is -2.40. The number of ketones is 1. The zero-order chi connectivity index (χ0) is 30.1. The number of carbonyl (C=O) groups excluding carboxylic acids is 2. The van der Waals surface area contributed by atoms with E-state index in [0.717, 1.165) is 16.9 Å². The van der Waals surface area contributed by atoms with Crippen LogP contribution in [-0.2, 0) is 9.53 Å². The molecule has 43 heavy (non-hydrogen) atoms. The number of fused-ring (bicyclic) bond motifs is 1. The maximum Gasteiger partial charge on any atom is 0.338 e. The van der Waals surface area contributed by atoms with Crippen LogP contribution in [0.15, 0.2) is 111 Å². The van der Waals surface area contributed by atoms with Gasteiger partial charge >= 0.3 is 5.97 Å². The highest BCUT2D eigenvalue weighted by Crippen LogP contribution is 2.35. The summed E-state index contributed by atoms with van der Waals surface area (Å²) in [6.07, 6.45) is 1.63. The van der Waals surface area contributed by atoms with Crippen molar-refractivity contribution in [2.75, 3.05) is 6.61 Å². The van der Waals surface area contributed by atoms with Crippen LogP contribution < -0.4 is 14.9 Å². The first-order chi connectivity index (χ1) is 20.8. The lowest BCUT2D eigenvalue weighted by Gasteiger charge is -2.25. The Bertz CT molecular complexity index is 2050. The molecule has 3 aromatic carbocycles. The van der Waals surface area contributed by atoms with Gasteiger partial charge in [0, 0.05) is 22.8 Å². The van der Waals surface area contributed by atoms with Crippen LogP contribution in [0, 0.1) is 5.82 Å². The van der Waals surface area contributed by atoms with Gasteiger partial charge in [-0.05, 0) is 43.7 Å². The van der Waals surface area contributed by atoms with E-state index in [1.54, 1.807) is 61.5 Å². The number of rotatable bonds is 7. The van der Waals surface area contributed by atoms with E-state index in [1.807, 2.05) is 30.3 Å². The van der Waals surface area contributed by atoms with Crippen molar-refractivity contribution in [2.45, 2.75) is 19.9 Å². The lowest BCUT2D eigenvalue weighted by atomic mass is 9.93. The number of ether oxygens (including phenoxy) is 1. The van der Waals surface area contributed by atoms with Gasteiger partial charge in [-0.2, -0.15) is 0 Å². The summed E-state index contributed by atoms with van der Waals surface area (Å²) in [7, 11) is 0. The Balaban J connectivity index is 1.52. The molecule has 1 aliphatic rings. The highest BCUT2D eigenvalue weighted by atomic mass is 32.1. The summed E-state index contributed by atoms with van der Waals surface area (Å²) in [6, 6.07) is 24.6. The van der Waals surface area contributed by atoms with Gasteiger partial charge in [-0.15, -0.1) is 0 Å². The molecule has 0 spiro atoms. The number of benzene rings is 3. The molecular weight excluding hydrogens is 567 g/mol. The molecule has 0 aliphatic carbocycles. The predicted octanol–water partition coefficient (Wildman–Crippen LogP) is 5.54. The van der Waals surface area contributed by atoms with Crippen molar-refractivity contribution >= 4 is 34.9 Å². The molecule has 3 heterocycles. The summed E-state index contributed by atoms with van der Waals surface area (Å²) in [4.78, 5) is 44.3. The highest BCUT2D eigenvalue weighted by Gasteiger charge is 2.35. The van der Waals surface area contributed by atoms with Crippen molar-refractivity contribution in [2.24, 2.45) is 4.99 Å². The monoisotopic (exact) mass is 592 g/mol. The maximum atomic E-state index is 14.0. The molecule has 0 amide bonds. The second kappa shape index (κ2) is 11.6. The first-order valence-corrected chi connectivity index (χ1v) is 14.4. The number of Topliss-reactive ketones (excluding diaryl/α,β-unsaturated/α-hetero) is 1. The molecule has 0 fully saturated rings. The first-order valence-electron chi connectivity index (χ1n) is 13.6. The van der Waals surface area contributed by atoms with E-state index in [9.17, 15) is 18.8 Å². The van der Waals surface area contributed by atoms with Gasteiger partial charge in [0.1, 0.15) is 17.3 Å². The second-order valence-corrected chi connectivity index (χ2v) is 10.8. The van der Waals surface area contributed by atoms with E-state index >= 15 is 0 Å². The van der Waals surface area contributed by atoms with E-state index in [0.29, 0.717) is 43.2 Å². The lowest BCUT2D eigenvalue weighted by molar-refractivity contribution is -0.138. The number of carbonyl (C=O) groups is 2. The molecule has 0 unspecified atom stereocenters. The number of nitrogens with zero attached hydrogens (tertiary/aromatic N) is 2. The van der Waals surface area contributed by atoms with Gasteiger partial charge in [-0.25, -0.2) is 14.2 Å². The average Bonchev–Trinajstić information content (AvgIpc) is 3.61. The second-order valence-electron chi connectivity index (χ2n) is 9.82. The number of furan rings is 1. The fourth-order valence-corrected chi connectivity index (χ4v) is 5.97. The van der Waals surface area contributed by atoms with Gasteiger partial charge < -0.3 is 9.15 Å². The van der Waals surface area contributed by atoms with Crippen LogP contribution in [0.2, 0.25) is 0 Å². The standard InChI is InChI=1S/C34H25FN2O5S/c1-3-41-33(40)29-30(23-7-5-4-6-8-23)36-34-37(31(29)24-13-15-25(35)16-14-24)32(39)28(43-34)19-26-17-18-27(42-26)22-11-9-21(10-12-22)20(2)38/h4-19,31H,3H2,1-2H3/b28-19-/t31-/m0/s1. The predicted molar refractivity (Wildman–Crippen MR) is 162 cm³/mol.